The Kier molecular flexibility index (Phi) is 8.70. The van der Waals surface area contributed by atoms with Crippen molar-refractivity contribution in [3.05, 3.63) is 77.3 Å². The van der Waals surface area contributed by atoms with Crippen LogP contribution in [0.15, 0.2) is 66.7 Å². The normalized spacial score (nSPS) is 14.7. The molecule has 38 heavy (non-hydrogen) atoms. The summed E-state index contributed by atoms with van der Waals surface area (Å²) < 4.78 is 10.8. The van der Waals surface area contributed by atoms with Crippen LogP contribution in [-0.4, -0.2) is 38.0 Å². The molecule has 0 radical (unpaired) electrons. The Morgan fingerprint density at radius 1 is 1.05 bits per heavy atom. The molecule has 198 valence electrons. The number of hydrogen-bond acceptors (Lipinski definition) is 6. The van der Waals surface area contributed by atoms with Crippen LogP contribution < -0.4 is 30.5 Å². The summed E-state index contributed by atoms with van der Waals surface area (Å²) in [5.74, 6) is -0.367. The summed E-state index contributed by atoms with van der Waals surface area (Å²) in [6.45, 7) is 2.07. The van der Waals surface area contributed by atoms with Gasteiger partial charge in [0.2, 0.25) is 11.8 Å². The number of rotatable bonds is 10. The number of hydrogen-bond donors (Lipinski definition) is 3. The van der Waals surface area contributed by atoms with Crippen LogP contribution in [0.4, 0.5) is 17.1 Å². The molecule has 4 rings (SSSR count). The van der Waals surface area contributed by atoms with Crippen molar-refractivity contribution >= 4 is 46.4 Å². The first-order chi connectivity index (χ1) is 18.4. The standard InChI is InChI=1S/C28H29ClN4O5/c1-3-18-4-7-21(8-5-18)30-26(34)17-38-25-13-6-20(29)15-24(25)31-32-28(36)19-14-27(35)33(16-19)22-9-11-23(37-2)12-10-22/h4-13,15,19,31H,3,14,16-17H2,1-2H3,(H,30,34)(H,32,36)/t19-/m0/s1. The number of carbonyl (C=O) groups is 3. The highest BCUT2D eigenvalue weighted by Gasteiger charge is 2.35. The van der Waals surface area contributed by atoms with E-state index in [1.165, 1.54) is 5.56 Å². The second-order valence-corrected chi connectivity index (χ2v) is 9.18. The summed E-state index contributed by atoms with van der Waals surface area (Å²) in [5, 5.41) is 3.20. The number of anilines is 3. The molecule has 1 aliphatic heterocycles. The molecule has 1 atom stereocenters. The van der Waals surface area contributed by atoms with Crippen LogP contribution in [0.2, 0.25) is 5.02 Å². The number of methoxy groups -OCH3 is 1. The zero-order chi connectivity index (χ0) is 27.1. The third-order valence-corrected chi connectivity index (χ3v) is 6.38. The number of aryl methyl sites for hydroxylation is 1. The number of ether oxygens (including phenoxy) is 2. The molecule has 0 spiro atoms. The van der Waals surface area contributed by atoms with E-state index < -0.39 is 5.92 Å². The Bertz CT molecular complexity index is 1300. The molecule has 0 aromatic heterocycles. The van der Waals surface area contributed by atoms with E-state index in [-0.39, 0.29) is 37.3 Å². The lowest BCUT2D eigenvalue weighted by atomic mass is 10.1. The van der Waals surface area contributed by atoms with Crippen molar-refractivity contribution in [2.45, 2.75) is 19.8 Å². The molecule has 1 fully saturated rings. The molecular weight excluding hydrogens is 508 g/mol. The highest BCUT2D eigenvalue weighted by Crippen LogP contribution is 2.29. The van der Waals surface area contributed by atoms with E-state index in [1.807, 2.05) is 24.3 Å². The minimum Gasteiger partial charge on any atom is -0.497 e. The average molecular weight is 537 g/mol. The van der Waals surface area contributed by atoms with Crippen molar-refractivity contribution in [3.8, 4) is 11.5 Å². The first-order valence-electron chi connectivity index (χ1n) is 12.2. The second-order valence-electron chi connectivity index (χ2n) is 8.75. The van der Waals surface area contributed by atoms with Crippen LogP contribution in [0.25, 0.3) is 0 Å². The molecule has 1 aliphatic rings. The molecule has 3 N–H and O–H groups in total. The number of carbonyl (C=O) groups excluding carboxylic acids is 3. The van der Waals surface area contributed by atoms with Crippen molar-refractivity contribution in [1.29, 1.82) is 0 Å². The maximum atomic E-state index is 12.8. The average Bonchev–Trinajstić information content (AvgIpc) is 3.33. The fraction of sp³-hybridized carbons (Fsp3) is 0.250. The van der Waals surface area contributed by atoms with Crippen LogP contribution >= 0.6 is 11.6 Å². The monoisotopic (exact) mass is 536 g/mol. The van der Waals surface area contributed by atoms with Crippen molar-refractivity contribution < 1.29 is 23.9 Å². The van der Waals surface area contributed by atoms with E-state index in [1.54, 1.807) is 54.5 Å². The summed E-state index contributed by atoms with van der Waals surface area (Å²) >= 11 is 6.13. The zero-order valence-corrected chi connectivity index (χ0v) is 21.9. The van der Waals surface area contributed by atoms with Gasteiger partial charge in [0.05, 0.1) is 18.7 Å². The fourth-order valence-electron chi connectivity index (χ4n) is 4.02. The van der Waals surface area contributed by atoms with E-state index in [2.05, 4.69) is 23.1 Å². The first kappa shape index (κ1) is 26.8. The van der Waals surface area contributed by atoms with Gasteiger partial charge in [-0.05, 0) is 66.6 Å². The van der Waals surface area contributed by atoms with Crippen LogP contribution in [0.5, 0.6) is 11.5 Å². The van der Waals surface area contributed by atoms with E-state index in [0.29, 0.717) is 33.6 Å². The molecular formula is C28H29ClN4O5. The predicted molar refractivity (Wildman–Crippen MR) is 147 cm³/mol. The SMILES string of the molecule is CCc1ccc(NC(=O)COc2ccc(Cl)cc2NNC(=O)[C@H]2CC(=O)N(c3ccc(OC)cc3)C2)cc1. The zero-order valence-electron chi connectivity index (χ0n) is 21.1. The predicted octanol–water partition coefficient (Wildman–Crippen LogP) is 4.42. The Morgan fingerprint density at radius 3 is 2.47 bits per heavy atom. The lowest BCUT2D eigenvalue weighted by Gasteiger charge is -2.18. The molecule has 1 heterocycles. The number of hydrazine groups is 1. The highest BCUT2D eigenvalue weighted by atomic mass is 35.5. The molecule has 0 aliphatic carbocycles. The molecule has 0 bridgehead atoms. The molecule has 3 aromatic carbocycles. The van der Waals surface area contributed by atoms with E-state index >= 15 is 0 Å². The summed E-state index contributed by atoms with van der Waals surface area (Å²) in [5.41, 5.74) is 8.37. The molecule has 3 amide bonds. The Morgan fingerprint density at radius 2 is 1.79 bits per heavy atom. The summed E-state index contributed by atoms with van der Waals surface area (Å²) in [7, 11) is 1.57. The summed E-state index contributed by atoms with van der Waals surface area (Å²) in [6, 6.07) is 19.5. The Balaban J connectivity index is 1.32. The first-order valence-corrected chi connectivity index (χ1v) is 12.6. The molecule has 0 saturated carbocycles. The van der Waals surface area contributed by atoms with Crippen molar-refractivity contribution in [2.75, 3.05) is 35.9 Å². The minimum absolute atomic E-state index is 0.0812. The summed E-state index contributed by atoms with van der Waals surface area (Å²) in [6.07, 6.45) is 0.996. The van der Waals surface area contributed by atoms with Gasteiger partial charge < -0.3 is 19.7 Å². The third-order valence-electron chi connectivity index (χ3n) is 6.15. The Hall–Kier alpha value is -4.24. The van der Waals surface area contributed by atoms with Crippen LogP contribution in [0, 0.1) is 5.92 Å². The molecule has 9 nitrogen and oxygen atoms in total. The maximum absolute atomic E-state index is 12.8. The number of halogens is 1. The summed E-state index contributed by atoms with van der Waals surface area (Å²) in [4.78, 5) is 39.3. The van der Waals surface area contributed by atoms with Crippen molar-refractivity contribution in [2.24, 2.45) is 5.92 Å². The quantitative estimate of drug-likeness (QED) is 0.331. The lowest BCUT2D eigenvalue weighted by molar-refractivity contribution is -0.125. The fourth-order valence-corrected chi connectivity index (χ4v) is 4.19. The topological polar surface area (TPSA) is 109 Å². The smallest absolute Gasteiger partial charge is 0.262 e. The second kappa shape index (κ2) is 12.3. The Labute approximate surface area is 226 Å². The van der Waals surface area contributed by atoms with Gasteiger partial charge in [0.25, 0.3) is 5.91 Å². The van der Waals surface area contributed by atoms with Gasteiger partial charge in [0, 0.05) is 29.4 Å². The lowest BCUT2D eigenvalue weighted by Crippen LogP contribution is -2.36. The molecule has 0 unspecified atom stereocenters. The van der Waals surface area contributed by atoms with Gasteiger partial charge in [-0.25, -0.2) is 0 Å². The molecule has 3 aromatic rings. The number of nitrogens with zero attached hydrogens (tertiary/aromatic N) is 1. The van der Waals surface area contributed by atoms with E-state index in [0.717, 1.165) is 6.42 Å². The van der Waals surface area contributed by atoms with Crippen molar-refractivity contribution in [1.82, 2.24) is 5.43 Å². The minimum atomic E-state index is -0.550. The molecule has 1 saturated heterocycles. The van der Waals surface area contributed by atoms with Crippen LogP contribution in [0.1, 0.15) is 18.9 Å². The van der Waals surface area contributed by atoms with E-state index in [9.17, 15) is 14.4 Å². The largest absolute Gasteiger partial charge is 0.497 e. The van der Waals surface area contributed by atoms with E-state index in [4.69, 9.17) is 21.1 Å². The number of benzene rings is 3. The third kappa shape index (κ3) is 6.74. The van der Waals surface area contributed by atoms with Gasteiger partial charge in [0.15, 0.2) is 6.61 Å². The number of amides is 3. The highest BCUT2D eigenvalue weighted by molar-refractivity contribution is 6.31. The molecule has 10 heteroatoms. The van der Waals surface area contributed by atoms with Gasteiger partial charge in [-0.2, -0.15) is 0 Å². The van der Waals surface area contributed by atoms with Gasteiger partial charge in [-0.1, -0.05) is 30.7 Å². The van der Waals surface area contributed by atoms with Gasteiger partial charge >= 0.3 is 0 Å². The van der Waals surface area contributed by atoms with Gasteiger partial charge in [-0.3, -0.25) is 25.2 Å². The van der Waals surface area contributed by atoms with Crippen LogP contribution in [-0.2, 0) is 20.8 Å². The van der Waals surface area contributed by atoms with Gasteiger partial charge in [0.1, 0.15) is 11.5 Å². The van der Waals surface area contributed by atoms with Crippen molar-refractivity contribution in [3.63, 3.8) is 0 Å². The van der Waals surface area contributed by atoms with Gasteiger partial charge in [-0.15, -0.1) is 0 Å². The maximum Gasteiger partial charge on any atom is 0.262 e. The number of nitrogens with one attached hydrogen (secondary N) is 3. The van der Waals surface area contributed by atoms with Crippen LogP contribution in [0.3, 0.4) is 0 Å².